The van der Waals surface area contributed by atoms with E-state index in [1.54, 1.807) is 36.8 Å². The number of hydrogen-bond acceptors (Lipinski definition) is 7. The minimum Gasteiger partial charge on any atom is -0.383 e. The summed E-state index contributed by atoms with van der Waals surface area (Å²) < 4.78 is 25.0. The number of anilines is 1. The molecule has 188 valence electrons. The van der Waals surface area contributed by atoms with Crippen molar-refractivity contribution in [1.82, 2.24) is 15.3 Å². The molecule has 9 heteroatoms. The van der Waals surface area contributed by atoms with E-state index >= 15 is 0 Å². The predicted molar refractivity (Wildman–Crippen MR) is 146 cm³/mol. The first-order valence-corrected chi connectivity index (χ1v) is 13.8. The first kappa shape index (κ1) is 24.6. The molecule has 0 spiro atoms. The zero-order valence-electron chi connectivity index (χ0n) is 20.5. The number of fused-ring (bicyclic) bond motifs is 2. The Hall–Kier alpha value is -4.11. The van der Waals surface area contributed by atoms with Gasteiger partial charge in [0.1, 0.15) is 11.1 Å². The van der Waals surface area contributed by atoms with Gasteiger partial charge in [-0.2, -0.15) is 0 Å². The van der Waals surface area contributed by atoms with Crippen molar-refractivity contribution in [1.29, 1.82) is 0 Å². The van der Waals surface area contributed by atoms with E-state index in [4.69, 9.17) is 5.73 Å². The van der Waals surface area contributed by atoms with E-state index < -0.39 is 21.1 Å². The normalized spacial score (nSPS) is 19.0. The Kier molecular flexibility index (Phi) is 6.47. The molecule has 0 saturated carbocycles. The summed E-state index contributed by atoms with van der Waals surface area (Å²) in [6.07, 6.45) is 12.3. The Labute approximate surface area is 215 Å². The number of carbonyl (C=O) groups excluding carboxylic acids is 1. The number of dihydropyridines is 1. The van der Waals surface area contributed by atoms with Gasteiger partial charge in [0.2, 0.25) is 0 Å². The van der Waals surface area contributed by atoms with Crippen molar-refractivity contribution in [2.75, 3.05) is 12.0 Å². The largest absolute Gasteiger partial charge is 0.383 e. The van der Waals surface area contributed by atoms with Crippen molar-refractivity contribution >= 4 is 38.5 Å². The number of pyridine rings is 2. The third-order valence-corrected chi connectivity index (χ3v) is 7.87. The third kappa shape index (κ3) is 5.36. The third-order valence-electron chi connectivity index (χ3n) is 6.49. The Morgan fingerprint density at radius 1 is 1.08 bits per heavy atom. The van der Waals surface area contributed by atoms with E-state index in [1.807, 2.05) is 43.3 Å². The summed E-state index contributed by atoms with van der Waals surface area (Å²) in [4.78, 5) is 25.9. The molecule has 3 heterocycles. The summed E-state index contributed by atoms with van der Waals surface area (Å²) in [6.45, 7) is 2.29. The number of nitrogens with two attached hydrogens (primary N) is 1. The monoisotopic (exact) mass is 513 g/mol. The van der Waals surface area contributed by atoms with Gasteiger partial charge in [0, 0.05) is 54.5 Å². The van der Waals surface area contributed by atoms with Gasteiger partial charge in [-0.05, 0) is 58.9 Å². The molecule has 2 aromatic heterocycles. The summed E-state index contributed by atoms with van der Waals surface area (Å²) >= 11 is 0. The number of benzene rings is 1. The lowest BCUT2D eigenvalue weighted by atomic mass is 9.89. The van der Waals surface area contributed by atoms with Crippen LogP contribution in [0.2, 0.25) is 0 Å². The molecule has 8 nitrogen and oxygen atoms in total. The van der Waals surface area contributed by atoms with Crippen LogP contribution in [0.25, 0.3) is 10.8 Å². The van der Waals surface area contributed by atoms with Gasteiger partial charge in [-0.3, -0.25) is 14.8 Å². The van der Waals surface area contributed by atoms with Crippen LogP contribution in [-0.4, -0.2) is 48.1 Å². The van der Waals surface area contributed by atoms with Crippen molar-refractivity contribution in [2.24, 2.45) is 4.99 Å². The van der Waals surface area contributed by atoms with Crippen molar-refractivity contribution < 1.29 is 13.2 Å². The second-order valence-corrected chi connectivity index (χ2v) is 11.6. The van der Waals surface area contributed by atoms with E-state index in [0.717, 1.165) is 33.1 Å². The molecule has 2 atom stereocenters. The topological polar surface area (TPSA) is 127 Å². The fourth-order valence-corrected chi connectivity index (χ4v) is 5.79. The summed E-state index contributed by atoms with van der Waals surface area (Å²) in [5.41, 5.74) is 10.7. The van der Waals surface area contributed by atoms with Crippen LogP contribution in [0.3, 0.4) is 0 Å². The van der Waals surface area contributed by atoms with E-state index in [-0.39, 0.29) is 5.91 Å². The molecule has 0 fully saturated rings. The highest BCUT2D eigenvalue weighted by Crippen LogP contribution is 2.30. The van der Waals surface area contributed by atoms with Crippen molar-refractivity contribution in [3.8, 4) is 0 Å². The van der Waals surface area contributed by atoms with Crippen LogP contribution in [0.4, 0.5) is 5.82 Å². The van der Waals surface area contributed by atoms with Crippen LogP contribution < -0.4 is 11.1 Å². The van der Waals surface area contributed by atoms with Crippen LogP contribution >= 0.6 is 0 Å². The molecule has 2 unspecified atom stereocenters. The van der Waals surface area contributed by atoms with Gasteiger partial charge in [0.15, 0.2) is 9.84 Å². The van der Waals surface area contributed by atoms with E-state index in [1.165, 1.54) is 6.26 Å². The summed E-state index contributed by atoms with van der Waals surface area (Å²) in [7, 11) is -3.37. The molecule has 1 aliphatic carbocycles. The number of rotatable bonds is 6. The SMILES string of the molecule is CC1=CC2=CC(Cc3cc(C(=O)NCc4ccc5c(N)nccc5c4)ccn3)=CC(S(C)(=O)=O)C2N=C1. The number of nitrogens with one attached hydrogen (secondary N) is 1. The number of nitrogen functional groups attached to an aromatic ring is 1. The molecule has 37 heavy (non-hydrogen) atoms. The number of carbonyl (C=O) groups is 1. The first-order valence-electron chi connectivity index (χ1n) is 11.9. The van der Waals surface area contributed by atoms with Gasteiger partial charge < -0.3 is 11.1 Å². The van der Waals surface area contributed by atoms with Crippen LogP contribution in [-0.2, 0) is 22.8 Å². The molecule has 1 amide bonds. The van der Waals surface area contributed by atoms with E-state index in [2.05, 4.69) is 20.3 Å². The average Bonchev–Trinajstić information content (AvgIpc) is 2.86. The van der Waals surface area contributed by atoms with Gasteiger partial charge in [-0.1, -0.05) is 30.4 Å². The molecule has 5 rings (SSSR count). The van der Waals surface area contributed by atoms with Crippen molar-refractivity contribution in [3.63, 3.8) is 0 Å². The molecule has 3 N–H and O–H groups in total. The lowest BCUT2D eigenvalue weighted by molar-refractivity contribution is 0.0950. The van der Waals surface area contributed by atoms with Crippen LogP contribution in [0.15, 0.2) is 88.7 Å². The standard InChI is InChI=1S/C28H27N5O3S/c1-17-9-22-11-19(13-25(37(2,35)36)26(22)32-15-17)12-23-14-21(6-7-30-23)28(34)33-16-18-3-4-24-20(10-18)5-8-31-27(24)29/h3-11,13-15,25-26H,12,16H2,1-2H3,(H2,29,31)(H,33,34). The maximum Gasteiger partial charge on any atom is 0.251 e. The van der Waals surface area contributed by atoms with E-state index in [0.29, 0.717) is 30.0 Å². The molecule has 1 aliphatic heterocycles. The second kappa shape index (κ2) is 9.74. The molecule has 0 saturated heterocycles. The zero-order valence-corrected chi connectivity index (χ0v) is 21.4. The molecule has 2 aliphatic rings. The average molecular weight is 514 g/mol. The summed E-state index contributed by atoms with van der Waals surface area (Å²) in [5, 5.41) is 4.05. The van der Waals surface area contributed by atoms with Crippen LogP contribution in [0.1, 0.15) is 28.5 Å². The number of allylic oxidation sites excluding steroid dienone is 3. The highest BCUT2D eigenvalue weighted by atomic mass is 32.2. The molecular formula is C28H27N5O3S. The van der Waals surface area contributed by atoms with Gasteiger partial charge in [0.25, 0.3) is 5.91 Å². The summed E-state index contributed by atoms with van der Waals surface area (Å²) in [6, 6.07) is 10.6. The Bertz CT molecular complexity index is 1640. The van der Waals surface area contributed by atoms with Gasteiger partial charge in [-0.25, -0.2) is 13.4 Å². The fourth-order valence-electron chi connectivity index (χ4n) is 4.67. The van der Waals surface area contributed by atoms with E-state index in [9.17, 15) is 13.2 Å². The number of amides is 1. The Balaban J connectivity index is 1.31. The van der Waals surface area contributed by atoms with Gasteiger partial charge in [0.05, 0.1) is 6.04 Å². The summed E-state index contributed by atoms with van der Waals surface area (Å²) in [5.74, 6) is 0.255. The van der Waals surface area contributed by atoms with Gasteiger partial charge >= 0.3 is 0 Å². The van der Waals surface area contributed by atoms with Gasteiger partial charge in [-0.15, -0.1) is 0 Å². The molecule has 0 radical (unpaired) electrons. The molecule has 0 bridgehead atoms. The second-order valence-electron chi connectivity index (χ2n) is 9.44. The lowest BCUT2D eigenvalue weighted by Crippen LogP contribution is -2.35. The number of nitrogens with zero attached hydrogens (tertiary/aromatic N) is 3. The predicted octanol–water partition coefficient (Wildman–Crippen LogP) is 3.36. The fraction of sp³-hybridized carbons (Fsp3) is 0.214. The highest BCUT2D eigenvalue weighted by molar-refractivity contribution is 7.91. The first-order chi connectivity index (χ1) is 17.7. The van der Waals surface area contributed by atoms with Crippen LogP contribution in [0.5, 0.6) is 0 Å². The highest BCUT2D eigenvalue weighted by Gasteiger charge is 2.34. The smallest absolute Gasteiger partial charge is 0.251 e. The number of sulfone groups is 1. The number of aliphatic imine (C=N–C) groups is 1. The molecule has 1 aromatic carbocycles. The minimum atomic E-state index is -3.37. The lowest BCUT2D eigenvalue weighted by Gasteiger charge is -2.28. The number of hydrogen-bond donors (Lipinski definition) is 2. The minimum absolute atomic E-state index is 0.219. The number of aromatic nitrogens is 2. The maximum atomic E-state index is 12.9. The quantitative estimate of drug-likeness (QED) is 0.520. The van der Waals surface area contributed by atoms with Crippen LogP contribution in [0, 0.1) is 0 Å². The Morgan fingerprint density at radius 3 is 2.70 bits per heavy atom. The molecular weight excluding hydrogens is 486 g/mol. The van der Waals surface area contributed by atoms with Crippen molar-refractivity contribution in [2.45, 2.75) is 31.2 Å². The maximum absolute atomic E-state index is 12.9. The Morgan fingerprint density at radius 2 is 1.89 bits per heavy atom. The molecule has 3 aromatic rings. The van der Waals surface area contributed by atoms with Crippen molar-refractivity contribution in [3.05, 3.63) is 101 Å². The zero-order chi connectivity index (χ0) is 26.2.